The summed E-state index contributed by atoms with van der Waals surface area (Å²) in [5.41, 5.74) is 1.90. The minimum atomic E-state index is -1.06. The van der Waals surface area contributed by atoms with Gasteiger partial charge in [0.25, 0.3) is 0 Å². The molecule has 2 aromatic rings. The van der Waals surface area contributed by atoms with Gasteiger partial charge in [-0.3, -0.25) is 0 Å². The number of hydrogen-bond donors (Lipinski definition) is 1. The van der Waals surface area contributed by atoms with Crippen molar-refractivity contribution < 1.29 is 19.1 Å². The van der Waals surface area contributed by atoms with Crippen molar-refractivity contribution in [2.24, 2.45) is 0 Å². The summed E-state index contributed by atoms with van der Waals surface area (Å²) in [5.74, 6) is 0.184. The van der Waals surface area contributed by atoms with E-state index in [2.05, 4.69) is 19.1 Å². The number of ether oxygens (including phenoxy) is 1. The third-order valence-corrected chi connectivity index (χ3v) is 3.29. The quantitative estimate of drug-likeness (QED) is 0.829. The lowest BCUT2D eigenvalue weighted by atomic mass is 10.1. The van der Waals surface area contributed by atoms with Crippen molar-refractivity contribution in [1.82, 2.24) is 0 Å². The van der Waals surface area contributed by atoms with E-state index in [1.165, 1.54) is 18.4 Å². The maximum Gasteiger partial charge on any atom is 0.372 e. The van der Waals surface area contributed by atoms with Crippen LogP contribution in [0.2, 0.25) is 0 Å². The molecular formula is C17H20O4. The number of benzene rings is 1. The highest BCUT2D eigenvalue weighted by molar-refractivity contribution is 5.86. The summed E-state index contributed by atoms with van der Waals surface area (Å²) in [6.45, 7) is 4.11. The second-order valence-corrected chi connectivity index (χ2v) is 5.07. The van der Waals surface area contributed by atoms with Crippen LogP contribution >= 0.6 is 0 Å². The molecular weight excluding hydrogens is 268 g/mol. The first-order valence-corrected chi connectivity index (χ1v) is 7.14. The maximum atomic E-state index is 10.9. The van der Waals surface area contributed by atoms with Crippen molar-refractivity contribution in [2.75, 3.05) is 0 Å². The van der Waals surface area contributed by atoms with E-state index in [4.69, 9.17) is 14.3 Å². The van der Waals surface area contributed by atoms with Crippen LogP contribution in [0.15, 0.2) is 34.7 Å². The van der Waals surface area contributed by atoms with Crippen molar-refractivity contribution in [3.63, 3.8) is 0 Å². The maximum absolute atomic E-state index is 10.9. The zero-order valence-electron chi connectivity index (χ0n) is 12.4. The van der Waals surface area contributed by atoms with E-state index in [9.17, 15) is 4.79 Å². The molecule has 4 heteroatoms. The lowest BCUT2D eigenvalue weighted by molar-refractivity contribution is 0.0657. The number of carboxylic acid groups (broad SMARTS) is 1. The second-order valence-electron chi connectivity index (χ2n) is 5.07. The molecule has 0 aliphatic heterocycles. The van der Waals surface area contributed by atoms with Gasteiger partial charge in [0.15, 0.2) is 0 Å². The summed E-state index contributed by atoms with van der Waals surface area (Å²) in [5, 5.41) is 8.93. The van der Waals surface area contributed by atoms with Crippen LogP contribution in [0.4, 0.5) is 0 Å². The number of carbonyl (C=O) groups is 1. The van der Waals surface area contributed by atoms with Gasteiger partial charge in [0.1, 0.15) is 18.1 Å². The molecule has 112 valence electrons. The fourth-order valence-electron chi connectivity index (χ4n) is 2.12. The van der Waals surface area contributed by atoms with Crippen molar-refractivity contribution in [3.05, 3.63) is 53.0 Å². The van der Waals surface area contributed by atoms with Gasteiger partial charge in [0.2, 0.25) is 5.76 Å². The monoisotopic (exact) mass is 288 g/mol. The van der Waals surface area contributed by atoms with Crippen LogP contribution < -0.4 is 4.74 Å². The van der Waals surface area contributed by atoms with Gasteiger partial charge < -0.3 is 14.3 Å². The number of hydrogen-bond acceptors (Lipinski definition) is 3. The van der Waals surface area contributed by atoms with Crippen molar-refractivity contribution in [2.45, 2.75) is 39.7 Å². The van der Waals surface area contributed by atoms with E-state index >= 15 is 0 Å². The summed E-state index contributed by atoms with van der Waals surface area (Å²) >= 11 is 0. The Hall–Kier alpha value is -2.23. The first-order valence-electron chi connectivity index (χ1n) is 7.14. The highest BCUT2D eigenvalue weighted by atomic mass is 16.5. The predicted octanol–water partition coefficient (Wildman–Crippen LogP) is 4.21. The highest BCUT2D eigenvalue weighted by Gasteiger charge is 2.14. The molecule has 1 heterocycles. The zero-order chi connectivity index (χ0) is 15.2. The summed E-state index contributed by atoms with van der Waals surface area (Å²) in [4.78, 5) is 10.9. The number of rotatable bonds is 7. The van der Waals surface area contributed by atoms with E-state index in [-0.39, 0.29) is 12.4 Å². The van der Waals surface area contributed by atoms with Crippen LogP contribution in [0.3, 0.4) is 0 Å². The normalized spacial score (nSPS) is 10.6. The van der Waals surface area contributed by atoms with Crippen LogP contribution in [-0.2, 0) is 13.0 Å². The predicted molar refractivity (Wildman–Crippen MR) is 79.8 cm³/mol. The number of carboxylic acids is 1. The van der Waals surface area contributed by atoms with Crippen LogP contribution in [0.25, 0.3) is 0 Å². The Morgan fingerprint density at radius 1 is 1.29 bits per heavy atom. The smallest absolute Gasteiger partial charge is 0.372 e. The summed E-state index contributed by atoms with van der Waals surface area (Å²) in [6.07, 6.45) is 3.45. The van der Waals surface area contributed by atoms with E-state index in [1.54, 1.807) is 13.0 Å². The Morgan fingerprint density at radius 3 is 2.57 bits per heavy atom. The third-order valence-electron chi connectivity index (χ3n) is 3.29. The van der Waals surface area contributed by atoms with Gasteiger partial charge in [0.05, 0.1) is 0 Å². The fraction of sp³-hybridized carbons (Fsp3) is 0.353. The van der Waals surface area contributed by atoms with Gasteiger partial charge in [-0.25, -0.2) is 4.79 Å². The summed E-state index contributed by atoms with van der Waals surface area (Å²) < 4.78 is 10.9. The van der Waals surface area contributed by atoms with Gasteiger partial charge in [-0.2, -0.15) is 0 Å². The van der Waals surface area contributed by atoms with Gasteiger partial charge >= 0.3 is 5.97 Å². The molecule has 4 nitrogen and oxygen atoms in total. The largest absolute Gasteiger partial charge is 0.486 e. The topological polar surface area (TPSA) is 59.7 Å². The Labute approximate surface area is 124 Å². The molecule has 2 rings (SSSR count). The molecule has 0 spiro atoms. The molecule has 1 aromatic heterocycles. The SMILES string of the molecule is CCCCc1ccc(OCc2cc(C)c(C(=O)O)o2)cc1. The van der Waals surface area contributed by atoms with Gasteiger partial charge in [-0.05, 0) is 43.5 Å². The van der Waals surface area contributed by atoms with E-state index in [0.29, 0.717) is 11.3 Å². The van der Waals surface area contributed by atoms with Gasteiger partial charge in [-0.1, -0.05) is 25.5 Å². The average Bonchev–Trinajstić information content (AvgIpc) is 2.85. The number of aryl methyl sites for hydroxylation is 2. The number of furan rings is 1. The molecule has 1 aromatic carbocycles. The minimum Gasteiger partial charge on any atom is -0.486 e. The standard InChI is InChI=1S/C17H20O4/c1-3-4-5-13-6-8-14(9-7-13)20-11-15-10-12(2)16(21-15)17(18)19/h6-10H,3-5,11H2,1-2H3,(H,18,19). The molecule has 0 unspecified atom stereocenters. The molecule has 0 radical (unpaired) electrons. The van der Waals surface area contributed by atoms with Crippen molar-refractivity contribution in [3.8, 4) is 5.75 Å². The first-order chi connectivity index (χ1) is 10.1. The molecule has 0 bridgehead atoms. The first kappa shape index (κ1) is 15.2. The molecule has 0 saturated heterocycles. The van der Waals surface area contributed by atoms with Crippen LogP contribution in [-0.4, -0.2) is 11.1 Å². The van der Waals surface area contributed by atoms with Crippen LogP contribution in [0.1, 0.15) is 47.2 Å². The molecule has 0 aliphatic carbocycles. The molecule has 0 saturated carbocycles. The lowest BCUT2D eigenvalue weighted by Gasteiger charge is -2.05. The average molecular weight is 288 g/mol. The molecule has 0 amide bonds. The van der Waals surface area contributed by atoms with E-state index < -0.39 is 5.97 Å². The Bertz CT molecular complexity index is 596. The number of unbranched alkanes of at least 4 members (excludes halogenated alkanes) is 1. The Kier molecular flexibility index (Phi) is 5.04. The minimum absolute atomic E-state index is 0.0245. The third kappa shape index (κ3) is 4.12. The summed E-state index contributed by atoms with van der Waals surface area (Å²) in [7, 11) is 0. The molecule has 21 heavy (non-hydrogen) atoms. The number of aromatic carboxylic acids is 1. The Morgan fingerprint density at radius 2 is 2.00 bits per heavy atom. The van der Waals surface area contributed by atoms with Crippen molar-refractivity contribution in [1.29, 1.82) is 0 Å². The van der Waals surface area contributed by atoms with Crippen LogP contribution in [0, 0.1) is 6.92 Å². The van der Waals surface area contributed by atoms with Crippen LogP contribution in [0.5, 0.6) is 5.75 Å². The van der Waals surface area contributed by atoms with Crippen molar-refractivity contribution >= 4 is 5.97 Å². The van der Waals surface area contributed by atoms with Gasteiger partial charge in [0, 0.05) is 5.56 Å². The molecule has 0 aliphatic rings. The molecule has 0 atom stereocenters. The second kappa shape index (κ2) is 6.97. The highest BCUT2D eigenvalue weighted by Crippen LogP contribution is 2.19. The molecule has 1 N–H and O–H groups in total. The lowest BCUT2D eigenvalue weighted by Crippen LogP contribution is -1.96. The molecule has 0 fully saturated rings. The summed E-state index contributed by atoms with van der Waals surface area (Å²) in [6, 6.07) is 9.67. The van der Waals surface area contributed by atoms with E-state index in [1.807, 2.05) is 12.1 Å². The zero-order valence-corrected chi connectivity index (χ0v) is 12.4. The van der Waals surface area contributed by atoms with E-state index in [0.717, 1.165) is 12.2 Å². The fourth-order valence-corrected chi connectivity index (χ4v) is 2.12. The Balaban J connectivity index is 1.93. The van der Waals surface area contributed by atoms with Gasteiger partial charge in [-0.15, -0.1) is 0 Å².